The van der Waals surface area contributed by atoms with Crippen molar-refractivity contribution in [2.75, 3.05) is 32.7 Å². The van der Waals surface area contributed by atoms with Gasteiger partial charge in [0.25, 0.3) is 0 Å². The summed E-state index contributed by atoms with van der Waals surface area (Å²) in [5.74, 6) is -0.426. The number of halogens is 3. The summed E-state index contributed by atoms with van der Waals surface area (Å²) in [6.45, 7) is -1.24. The second-order valence-electron chi connectivity index (χ2n) is 6.25. The lowest BCUT2D eigenvalue weighted by molar-refractivity contribution is -0.135. The summed E-state index contributed by atoms with van der Waals surface area (Å²) < 4.78 is 56.8. The number of sulfonamides is 1. The van der Waals surface area contributed by atoms with Gasteiger partial charge in [-0.2, -0.15) is 13.1 Å². The number of hydrogen-bond donors (Lipinski definition) is 1. The molecule has 27 heavy (non-hydrogen) atoms. The van der Waals surface area contributed by atoms with E-state index in [2.05, 4.69) is 10.1 Å². The van der Waals surface area contributed by atoms with Crippen LogP contribution in [0, 0.1) is 0 Å². The first-order valence-electron chi connectivity index (χ1n) is 8.44. The number of benzene rings is 1. The van der Waals surface area contributed by atoms with Gasteiger partial charge in [0.2, 0.25) is 15.9 Å². The Hall–Kier alpha value is -1.49. The van der Waals surface area contributed by atoms with Gasteiger partial charge in [0, 0.05) is 32.2 Å². The molecule has 7 nitrogen and oxygen atoms in total. The van der Waals surface area contributed by atoms with Crippen molar-refractivity contribution in [2.45, 2.75) is 30.4 Å². The lowest BCUT2D eigenvalue weighted by atomic mass is 10.1. The van der Waals surface area contributed by atoms with Crippen LogP contribution in [0.3, 0.4) is 0 Å². The minimum absolute atomic E-state index is 0. The fourth-order valence-corrected chi connectivity index (χ4v) is 5.03. The van der Waals surface area contributed by atoms with E-state index in [1.807, 2.05) is 0 Å². The van der Waals surface area contributed by atoms with E-state index in [-0.39, 0.29) is 54.6 Å². The maximum atomic E-state index is 13.0. The van der Waals surface area contributed by atoms with Gasteiger partial charge in [0.05, 0.1) is 6.54 Å². The maximum Gasteiger partial charge on any atom is 0.387 e. The molecule has 152 valence electrons. The molecule has 2 aliphatic rings. The molecule has 0 aromatic heterocycles. The second-order valence-corrected chi connectivity index (χ2v) is 8.15. The zero-order chi connectivity index (χ0) is 18.7. The van der Waals surface area contributed by atoms with E-state index < -0.39 is 16.6 Å². The predicted octanol–water partition coefficient (Wildman–Crippen LogP) is 1.29. The highest BCUT2D eigenvalue weighted by molar-refractivity contribution is 7.89. The van der Waals surface area contributed by atoms with Gasteiger partial charge in [-0.1, -0.05) is 12.1 Å². The van der Waals surface area contributed by atoms with E-state index in [9.17, 15) is 22.0 Å². The van der Waals surface area contributed by atoms with Crippen LogP contribution in [-0.2, 0) is 14.8 Å². The molecule has 1 aromatic rings. The monoisotopic (exact) mass is 425 g/mol. The number of para-hydroxylation sites is 1. The molecule has 1 unspecified atom stereocenters. The fraction of sp³-hybridized carbons (Fsp3) is 0.562. The first kappa shape index (κ1) is 21.8. The fourth-order valence-electron chi connectivity index (χ4n) is 3.40. The molecule has 3 rings (SSSR count). The van der Waals surface area contributed by atoms with Crippen molar-refractivity contribution >= 4 is 28.3 Å². The van der Waals surface area contributed by atoms with Gasteiger partial charge in [-0.05, 0) is 25.0 Å². The molecule has 1 N–H and O–H groups in total. The maximum absolute atomic E-state index is 13.0. The van der Waals surface area contributed by atoms with Crippen molar-refractivity contribution in [1.29, 1.82) is 0 Å². The van der Waals surface area contributed by atoms with E-state index >= 15 is 0 Å². The molecule has 11 heteroatoms. The molecule has 1 aromatic carbocycles. The van der Waals surface area contributed by atoms with Crippen LogP contribution in [-0.4, -0.2) is 68.9 Å². The van der Waals surface area contributed by atoms with Crippen LogP contribution in [0.5, 0.6) is 5.75 Å². The van der Waals surface area contributed by atoms with Gasteiger partial charge in [-0.25, -0.2) is 8.42 Å². The van der Waals surface area contributed by atoms with Crippen molar-refractivity contribution in [3.05, 3.63) is 24.3 Å². The Morgan fingerprint density at radius 2 is 1.96 bits per heavy atom. The minimum atomic E-state index is -4.01. The molecule has 0 saturated carbocycles. The molecule has 2 saturated heterocycles. The molecule has 2 aliphatic heterocycles. The summed E-state index contributed by atoms with van der Waals surface area (Å²) in [6.07, 6.45) is 1.31. The number of carbonyl (C=O) groups excluding carboxylic acids is 1. The van der Waals surface area contributed by atoms with Crippen molar-refractivity contribution in [1.82, 2.24) is 14.5 Å². The second kappa shape index (κ2) is 9.13. The van der Waals surface area contributed by atoms with E-state index in [4.69, 9.17) is 0 Å². The van der Waals surface area contributed by atoms with Gasteiger partial charge in [-0.15, -0.1) is 12.4 Å². The van der Waals surface area contributed by atoms with Gasteiger partial charge in [0.1, 0.15) is 10.6 Å². The summed E-state index contributed by atoms with van der Waals surface area (Å²) in [6, 6.07) is 5.16. The van der Waals surface area contributed by atoms with Crippen LogP contribution in [0.15, 0.2) is 29.2 Å². The predicted molar refractivity (Wildman–Crippen MR) is 96.7 cm³/mol. The SMILES string of the molecule is Cl.O=C1CNCCN1C1CCCN(S(=O)(=O)c2ccccc2OC(F)F)C1. The third-order valence-electron chi connectivity index (χ3n) is 4.61. The number of amides is 1. The first-order chi connectivity index (χ1) is 12.4. The van der Waals surface area contributed by atoms with E-state index in [0.717, 1.165) is 0 Å². The zero-order valence-electron chi connectivity index (χ0n) is 14.5. The topological polar surface area (TPSA) is 79.0 Å². The van der Waals surface area contributed by atoms with Gasteiger partial charge in [0.15, 0.2) is 0 Å². The van der Waals surface area contributed by atoms with Crippen LogP contribution >= 0.6 is 12.4 Å². The van der Waals surface area contributed by atoms with E-state index in [1.54, 1.807) is 4.90 Å². The Bertz CT molecular complexity index is 766. The Labute approximate surface area is 163 Å². The lowest BCUT2D eigenvalue weighted by Gasteiger charge is -2.40. The highest BCUT2D eigenvalue weighted by atomic mass is 35.5. The van der Waals surface area contributed by atoms with Gasteiger partial charge in [-0.3, -0.25) is 4.79 Å². The highest BCUT2D eigenvalue weighted by Gasteiger charge is 2.36. The Morgan fingerprint density at radius 3 is 2.67 bits per heavy atom. The number of nitrogens with zero attached hydrogens (tertiary/aromatic N) is 2. The number of alkyl halides is 2. The van der Waals surface area contributed by atoms with Gasteiger partial charge < -0.3 is 15.0 Å². The number of piperidine rings is 1. The van der Waals surface area contributed by atoms with Crippen LogP contribution < -0.4 is 10.1 Å². The number of nitrogens with one attached hydrogen (secondary N) is 1. The average molecular weight is 426 g/mol. The van der Waals surface area contributed by atoms with Crippen molar-refractivity contribution < 1.29 is 26.7 Å². The lowest BCUT2D eigenvalue weighted by Crippen LogP contribution is -2.57. The first-order valence-corrected chi connectivity index (χ1v) is 9.88. The van der Waals surface area contributed by atoms with Crippen LogP contribution in [0.25, 0.3) is 0 Å². The summed E-state index contributed by atoms with van der Waals surface area (Å²) >= 11 is 0. The number of ether oxygens (including phenoxy) is 1. The normalized spacial score (nSPS) is 21.8. The molecular formula is C16H22ClF2N3O4S. The molecule has 0 spiro atoms. The average Bonchev–Trinajstić information content (AvgIpc) is 2.62. The molecular weight excluding hydrogens is 404 g/mol. The zero-order valence-corrected chi connectivity index (χ0v) is 16.1. The summed E-state index contributed by atoms with van der Waals surface area (Å²) in [4.78, 5) is 13.5. The summed E-state index contributed by atoms with van der Waals surface area (Å²) in [5, 5.41) is 2.99. The van der Waals surface area contributed by atoms with Crippen molar-refractivity contribution in [3.8, 4) is 5.75 Å². The van der Waals surface area contributed by atoms with Crippen molar-refractivity contribution in [3.63, 3.8) is 0 Å². The summed E-state index contributed by atoms with van der Waals surface area (Å²) in [5.41, 5.74) is 0. The Morgan fingerprint density at radius 1 is 1.22 bits per heavy atom. The molecule has 1 atom stereocenters. The third kappa shape index (κ3) is 4.87. The Balaban J connectivity index is 0.00000261. The third-order valence-corrected chi connectivity index (χ3v) is 6.51. The highest BCUT2D eigenvalue weighted by Crippen LogP contribution is 2.30. The van der Waals surface area contributed by atoms with Gasteiger partial charge >= 0.3 is 6.61 Å². The van der Waals surface area contributed by atoms with Crippen LogP contribution in [0.4, 0.5) is 8.78 Å². The Kier molecular flexibility index (Phi) is 7.38. The van der Waals surface area contributed by atoms with E-state index in [0.29, 0.717) is 25.9 Å². The molecule has 0 aliphatic carbocycles. The number of carbonyl (C=O) groups is 1. The molecule has 2 heterocycles. The quantitative estimate of drug-likeness (QED) is 0.769. The van der Waals surface area contributed by atoms with E-state index in [1.165, 1.54) is 28.6 Å². The number of rotatable bonds is 5. The number of piperazine rings is 1. The molecule has 0 bridgehead atoms. The molecule has 2 fully saturated rings. The number of hydrogen-bond acceptors (Lipinski definition) is 5. The molecule has 0 radical (unpaired) electrons. The van der Waals surface area contributed by atoms with Crippen LogP contribution in [0.2, 0.25) is 0 Å². The smallest absolute Gasteiger partial charge is 0.387 e. The summed E-state index contributed by atoms with van der Waals surface area (Å²) in [7, 11) is -4.01. The standard InChI is InChI=1S/C16H21F2N3O4S.ClH/c17-16(18)25-13-5-1-2-6-14(13)26(23,24)20-8-3-4-12(11-20)21-9-7-19-10-15(21)22;/h1-2,5-6,12,16,19H,3-4,7-11H2;1H. The minimum Gasteiger partial charge on any atom is -0.433 e. The van der Waals surface area contributed by atoms with Crippen molar-refractivity contribution in [2.24, 2.45) is 0 Å². The molecule has 1 amide bonds. The largest absolute Gasteiger partial charge is 0.433 e. The van der Waals surface area contributed by atoms with Crippen LogP contribution in [0.1, 0.15) is 12.8 Å².